The molecule has 4 aromatic rings. The first-order valence-electron chi connectivity index (χ1n) is 10.0. The van der Waals surface area contributed by atoms with E-state index >= 15 is 0 Å². The maximum absolute atomic E-state index is 12.6. The number of carbonyl (C=O) groups is 2. The van der Waals surface area contributed by atoms with E-state index in [1.165, 1.54) is 0 Å². The van der Waals surface area contributed by atoms with Crippen molar-refractivity contribution in [2.24, 2.45) is 0 Å². The maximum Gasteiger partial charge on any atom is 0.338 e. The van der Waals surface area contributed by atoms with Gasteiger partial charge in [-0.25, -0.2) is 9.78 Å². The number of amides is 1. The molecule has 0 aliphatic carbocycles. The molecule has 0 atom stereocenters. The minimum Gasteiger partial charge on any atom is -0.467 e. The van der Waals surface area contributed by atoms with Crippen molar-refractivity contribution < 1.29 is 18.7 Å². The standard InChI is InChI=1S/C24H19ClN4O4/c1-14-15(2)29(12-18-4-3-9-32-18)23(19(14)11-26)28-22(30)13-33-24(31)17-5-7-20-16(10-17)6-8-21(25)27-20/h3-10H,12-13H2,1-2H3,(H,28,30). The number of aromatic nitrogens is 2. The lowest BCUT2D eigenvalue weighted by atomic mass is 10.1. The van der Waals surface area contributed by atoms with Gasteiger partial charge in [0.25, 0.3) is 5.91 Å². The Hall–Kier alpha value is -4.09. The summed E-state index contributed by atoms with van der Waals surface area (Å²) in [7, 11) is 0. The van der Waals surface area contributed by atoms with E-state index in [9.17, 15) is 14.9 Å². The maximum atomic E-state index is 12.6. The molecular weight excluding hydrogens is 444 g/mol. The SMILES string of the molecule is Cc1c(C#N)c(NC(=O)COC(=O)c2ccc3nc(Cl)ccc3c2)n(Cc2ccco2)c1C. The summed E-state index contributed by atoms with van der Waals surface area (Å²) in [6.45, 7) is 3.50. The number of fused-ring (bicyclic) bond motifs is 1. The molecule has 3 heterocycles. The Kier molecular flexibility index (Phi) is 6.16. The quantitative estimate of drug-likeness (QED) is 0.331. The van der Waals surface area contributed by atoms with E-state index in [0.717, 1.165) is 16.6 Å². The third kappa shape index (κ3) is 4.59. The summed E-state index contributed by atoms with van der Waals surface area (Å²) in [5.41, 5.74) is 2.84. The molecule has 0 saturated carbocycles. The van der Waals surface area contributed by atoms with Crippen molar-refractivity contribution in [3.8, 4) is 6.07 Å². The molecule has 1 amide bonds. The van der Waals surface area contributed by atoms with Crippen LogP contribution in [0, 0.1) is 25.2 Å². The number of rotatable bonds is 6. The lowest BCUT2D eigenvalue weighted by Gasteiger charge is -2.12. The van der Waals surface area contributed by atoms with E-state index in [4.69, 9.17) is 20.8 Å². The number of halogens is 1. The fourth-order valence-electron chi connectivity index (χ4n) is 3.50. The van der Waals surface area contributed by atoms with Gasteiger partial charge >= 0.3 is 5.97 Å². The summed E-state index contributed by atoms with van der Waals surface area (Å²) in [5.74, 6) is -0.210. The number of pyridine rings is 1. The fraction of sp³-hybridized carbons (Fsp3) is 0.167. The van der Waals surface area contributed by atoms with Crippen LogP contribution in [0.4, 0.5) is 5.82 Å². The largest absolute Gasteiger partial charge is 0.467 e. The summed E-state index contributed by atoms with van der Waals surface area (Å²) in [5, 5.41) is 13.4. The summed E-state index contributed by atoms with van der Waals surface area (Å²) in [4.78, 5) is 29.2. The predicted molar refractivity (Wildman–Crippen MR) is 122 cm³/mol. The minimum atomic E-state index is -0.652. The Bertz CT molecular complexity index is 1400. The van der Waals surface area contributed by atoms with Gasteiger partial charge in [-0.15, -0.1) is 0 Å². The molecule has 0 spiro atoms. The van der Waals surface area contributed by atoms with Gasteiger partial charge in [-0.05, 0) is 61.9 Å². The van der Waals surface area contributed by atoms with Gasteiger partial charge in [0.1, 0.15) is 22.8 Å². The molecule has 1 aromatic carbocycles. The molecule has 33 heavy (non-hydrogen) atoms. The first-order chi connectivity index (χ1) is 15.9. The zero-order chi connectivity index (χ0) is 23.5. The number of carbonyl (C=O) groups excluding carboxylic acids is 2. The Morgan fingerprint density at radius 2 is 2.06 bits per heavy atom. The van der Waals surface area contributed by atoms with Gasteiger partial charge < -0.3 is 19.0 Å². The van der Waals surface area contributed by atoms with E-state index in [0.29, 0.717) is 34.4 Å². The lowest BCUT2D eigenvalue weighted by molar-refractivity contribution is -0.119. The molecular formula is C24H19ClN4O4. The van der Waals surface area contributed by atoms with Crippen LogP contribution in [0.3, 0.4) is 0 Å². The van der Waals surface area contributed by atoms with E-state index in [1.807, 2.05) is 13.8 Å². The number of esters is 1. The second-order valence-electron chi connectivity index (χ2n) is 7.38. The van der Waals surface area contributed by atoms with Crippen LogP contribution in [0.1, 0.15) is 32.9 Å². The molecule has 1 N–H and O–H groups in total. The number of benzene rings is 1. The number of ether oxygens (including phenoxy) is 1. The molecule has 166 valence electrons. The molecule has 0 radical (unpaired) electrons. The number of nitrogens with one attached hydrogen (secondary N) is 1. The van der Waals surface area contributed by atoms with E-state index in [-0.39, 0.29) is 5.56 Å². The van der Waals surface area contributed by atoms with Crippen molar-refractivity contribution in [1.82, 2.24) is 9.55 Å². The minimum absolute atomic E-state index is 0.282. The second kappa shape index (κ2) is 9.18. The van der Waals surface area contributed by atoms with Crippen molar-refractivity contribution in [1.29, 1.82) is 5.26 Å². The van der Waals surface area contributed by atoms with Gasteiger partial charge in [0.15, 0.2) is 6.61 Å². The smallest absolute Gasteiger partial charge is 0.338 e. The normalized spacial score (nSPS) is 10.7. The number of hydrogen-bond acceptors (Lipinski definition) is 6. The van der Waals surface area contributed by atoms with E-state index < -0.39 is 18.5 Å². The van der Waals surface area contributed by atoms with Gasteiger partial charge in [-0.1, -0.05) is 11.6 Å². The molecule has 9 heteroatoms. The van der Waals surface area contributed by atoms with Crippen molar-refractivity contribution in [3.05, 3.63) is 82.0 Å². The summed E-state index contributed by atoms with van der Waals surface area (Å²) in [6.07, 6.45) is 1.56. The van der Waals surface area contributed by atoms with Crippen molar-refractivity contribution in [2.75, 3.05) is 11.9 Å². The van der Waals surface area contributed by atoms with Crippen LogP contribution in [-0.4, -0.2) is 28.0 Å². The molecule has 0 aliphatic heterocycles. The monoisotopic (exact) mass is 462 g/mol. The van der Waals surface area contributed by atoms with Crippen molar-refractivity contribution in [2.45, 2.75) is 20.4 Å². The molecule has 0 bridgehead atoms. The van der Waals surface area contributed by atoms with Gasteiger partial charge in [0, 0.05) is 11.1 Å². The van der Waals surface area contributed by atoms with Crippen LogP contribution < -0.4 is 5.32 Å². The number of furan rings is 1. The van der Waals surface area contributed by atoms with E-state index in [2.05, 4.69) is 16.4 Å². The van der Waals surface area contributed by atoms with Gasteiger partial charge in [0.2, 0.25) is 0 Å². The van der Waals surface area contributed by atoms with Crippen molar-refractivity contribution in [3.63, 3.8) is 0 Å². The highest BCUT2D eigenvalue weighted by molar-refractivity contribution is 6.29. The Balaban J connectivity index is 1.48. The highest BCUT2D eigenvalue weighted by Gasteiger charge is 2.21. The van der Waals surface area contributed by atoms with Crippen LogP contribution in [0.5, 0.6) is 0 Å². The zero-order valence-corrected chi connectivity index (χ0v) is 18.6. The molecule has 0 fully saturated rings. The van der Waals surface area contributed by atoms with Crippen LogP contribution in [0.15, 0.2) is 53.1 Å². The Morgan fingerprint density at radius 1 is 1.24 bits per heavy atom. The topological polar surface area (TPSA) is 110 Å². The van der Waals surface area contributed by atoms with Crippen LogP contribution in [0.2, 0.25) is 5.15 Å². The Morgan fingerprint density at radius 3 is 2.79 bits per heavy atom. The average Bonchev–Trinajstić information content (AvgIpc) is 3.40. The number of hydrogen-bond donors (Lipinski definition) is 1. The molecule has 4 rings (SSSR count). The van der Waals surface area contributed by atoms with Crippen LogP contribution in [0.25, 0.3) is 10.9 Å². The Labute approximate surface area is 194 Å². The summed E-state index contributed by atoms with van der Waals surface area (Å²) in [6, 6.07) is 13.9. The highest BCUT2D eigenvalue weighted by atomic mass is 35.5. The predicted octanol–water partition coefficient (Wildman–Crippen LogP) is 4.62. The van der Waals surface area contributed by atoms with Crippen LogP contribution >= 0.6 is 11.6 Å². The van der Waals surface area contributed by atoms with Crippen LogP contribution in [-0.2, 0) is 16.1 Å². The van der Waals surface area contributed by atoms with E-state index in [1.54, 1.807) is 53.3 Å². The molecule has 3 aromatic heterocycles. The summed E-state index contributed by atoms with van der Waals surface area (Å²) < 4.78 is 12.4. The van der Waals surface area contributed by atoms with Gasteiger partial charge in [-0.2, -0.15) is 5.26 Å². The van der Waals surface area contributed by atoms with Gasteiger partial charge in [0.05, 0.1) is 29.5 Å². The molecule has 0 unspecified atom stereocenters. The fourth-order valence-corrected chi connectivity index (χ4v) is 3.65. The lowest BCUT2D eigenvalue weighted by Crippen LogP contribution is -2.23. The molecule has 0 saturated heterocycles. The van der Waals surface area contributed by atoms with Crippen molar-refractivity contribution >= 4 is 40.2 Å². The average molecular weight is 463 g/mol. The third-order valence-electron chi connectivity index (χ3n) is 5.32. The molecule has 8 nitrogen and oxygen atoms in total. The highest BCUT2D eigenvalue weighted by Crippen LogP contribution is 2.27. The van der Waals surface area contributed by atoms with Gasteiger partial charge in [-0.3, -0.25) is 4.79 Å². The first-order valence-corrected chi connectivity index (χ1v) is 10.4. The number of nitrogens with zero attached hydrogens (tertiary/aromatic N) is 3. The third-order valence-corrected chi connectivity index (χ3v) is 5.53. The number of anilines is 1. The second-order valence-corrected chi connectivity index (χ2v) is 7.76. The zero-order valence-electron chi connectivity index (χ0n) is 17.9. The number of nitriles is 1. The molecule has 0 aliphatic rings. The summed E-state index contributed by atoms with van der Waals surface area (Å²) >= 11 is 5.88. The first kappa shape index (κ1) is 22.1.